The minimum atomic E-state index is -0.773. The fraction of sp³-hybridized carbons (Fsp3) is 0.611. The molecule has 0 spiro atoms. The van der Waals surface area contributed by atoms with Crippen LogP contribution in [0, 0.1) is 25.7 Å². The van der Waals surface area contributed by atoms with Crippen molar-refractivity contribution in [2.45, 2.75) is 39.5 Å². The van der Waals surface area contributed by atoms with Crippen molar-refractivity contribution in [2.24, 2.45) is 18.9 Å². The molecule has 0 aromatic carbocycles. The number of likely N-dealkylation sites (tertiary alicyclic amines) is 1. The van der Waals surface area contributed by atoms with Gasteiger partial charge in [0.2, 0.25) is 11.8 Å². The van der Waals surface area contributed by atoms with Gasteiger partial charge in [0, 0.05) is 7.05 Å². The van der Waals surface area contributed by atoms with E-state index >= 15 is 0 Å². The van der Waals surface area contributed by atoms with Crippen LogP contribution in [0.1, 0.15) is 37.1 Å². The number of amides is 3. The van der Waals surface area contributed by atoms with Crippen molar-refractivity contribution in [3.63, 3.8) is 0 Å². The standard InChI is InChI=1S/C18H24N4O5/c1-10-16(11(2)21(3)20-10)19-14(23)9-27-15(24)8-22-17(25)12-6-4-5-7-13(12)18(22)26/h12-13H,4-9H2,1-3H3,(H,19,23)/t12-,13+. The second-order valence-corrected chi connectivity index (χ2v) is 7.14. The van der Waals surface area contributed by atoms with Crippen LogP contribution in [0.2, 0.25) is 0 Å². The summed E-state index contributed by atoms with van der Waals surface area (Å²) in [6.45, 7) is 2.64. The molecule has 1 aromatic rings. The highest BCUT2D eigenvalue weighted by atomic mass is 16.5. The molecule has 2 fully saturated rings. The largest absolute Gasteiger partial charge is 0.454 e. The molecule has 0 unspecified atom stereocenters. The Bertz CT molecular complexity index is 776. The Hall–Kier alpha value is -2.71. The Balaban J connectivity index is 1.51. The molecule has 1 saturated heterocycles. The van der Waals surface area contributed by atoms with Crippen molar-refractivity contribution in [1.82, 2.24) is 14.7 Å². The van der Waals surface area contributed by atoms with Crippen LogP contribution in [-0.4, -0.2) is 51.5 Å². The molecule has 27 heavy (non-hydrogen) atoms. The summed E-state index contributed by atoms with van der Waals surface area (Å²) in [4.78, 5) is 49.7. The van der Waals surface area contributed by atoms with Gasteiger partial charge in [0.25, 0.3) is 5.91 Å². The SMILES string of the molecule is Cc1nn(C)c(C)c1NC(=O)COC(=O)CN1C(=O)[C@H]2CCCC[C@H]2C1=O. The normalized spacial score (nSPS) is 22.0. The topological polar surface area (TPSA) is 111 Å². The van der Waals surface area contributed by atoms with Gasteiger partial charge in [0.15, 0.2) is 6.61 Å². The third-order valence-corrected chi connectivity index (χ3v) is 5.36. The lowest BCUT2D eigenvalue weighted by Crippen LogP contribution is -2.37. The van der Waals surface area contributed by atoms with Gasteiger partial charge in [0.1, 0.15) is 6.54 Å². The number of rotatable bonds is 5. The van der Waals surface area contributed by atoms with Crippen LogP contribution in [0.25, 0.3) is 0 Å². The number of ether oxygens (including phenoxy) is 1. The predicted molar refractivity (Wildman–Crippen MR) is 94.4 cm³/mol. The molecule has 9 heteroatoms. The molecule has 3 rings (SSSR count). The zero-order valence-corrected chi connectivity index (χ0v) is 15.8. The number of imide groups is 1. The van der Waals surface area contributed by atoms with Crippen LogP contribution in [0.4, 0.5) is 5.69 Å². The first-order valence-electron chi connectivity index (χ1n) is 9.10. The fourth-order valence-electron chi connectivity index (χ4n) is 3.84. The van der Waals surface area contributed by atoms with Crippen molar-refractivity contribution < 1.29 is 23.9 Å². The highest BCUT2D eigenvalue weighted by Gasteiger charge is 2.48. The summed E-state index contributed by atoms with van der Waals surface area (Å²) in [7, 11) is 1.76. The molecule has 1 saturated carbocycles. The van der Waals surface area contributed by atoms with E-state index in [4.69, 9.17) is 4.74 Å². The predicted octanol–water partition coefficient (Wildman–Crippen LogP) is 0.694. The van der Waals surface area contributed by atoms with E-state index in [1.54, 1.807) is 18.7 Å². The van der Waals surface area contributed by atoms with E-state index in [0.29, 0.717) is 24.2 Å². The monoisotopic (exact) mass is 376 g/mol. The minimum absolute atomic E-state index is 0.298. The first-order chi connectivity index (χ1) is 12.8. The number of hydrogen-bond acceptors (Lipinski definition) is 6. The molecule has 1 aromatic heterocycles. The molecule has 0 radical (unpaired) electrons. The number of aryl methyl sites for hydroxylation is 2. The van der Waals surface area contributed by atoms with E-state index in [0.717, 1.165) is 23.4 Å². The third-order valence-electron chi connectivity index (χ3n) is 5.36. The van der Waals surface area contributed by atoms with Gasteiger partial charge in [0.05, 0.1) is 28.9 Å². The molecule has 1 N–H and O–H groups in total. The summed E-state index contributed by atoms with van der Waals surface area (Å²) in [6, 6.07) is 0. The second kappa shape index (κ2) is 7.50. The number of aromatic nitrogens is 2. The van der Waals surface area contributed by atoms with Gasteiger partial charge in [-0.15, -0.1) is 0 Å². The summed E-state index contributed by atoms with van der Waals surface area (Å²) in [5.74, 6) is -2.49. The Kier molecular flexibility index (Phi) is 5.29. The molecule has 1 aliphatic carbocycles. The number of fused-ring (bicyclic) bond motifs is 1. The molecule has 3 amide bonds. The maximum absolute atomic E-state index is 12.4. The van der Waals surface area contributed by atoms with Gasteiger partial charge in [-0.05, 0) is 26.7 Å². The molecule has 2 aliphatic rings. The Morgan fingerprint density at radius 1 is 1.15 bits per heavy atom. The van der Waals surface area contributed by atoms with E-state index < -0.39 is 25.0 Å². The lowest BCUT2D eigenvalue weighted by Gasteiger charge is -2.19. The minimum Gasteiger partial charge on any atom is -0.454 e. The van der Waals surface area contributed by atoms with Crippen molar-refractivity contribution in [3.8, 4) is 0 Å². The van der Waals surface area contributed by atoms with Gasteiger partial charge < -0.3 is 10.1 Å². The third kappa shape index (κ3) is 3.72. The maximum atomic E-state index is 12.4. The van der Waals surface area contributed by atoms with Gasteiger partial charge in [-0.2, -0.15) is 5.10 Å². The summed E-state index contributed by atoms with van der Waals surface area (Å²) in [5, 5.41) is 6.85. The number of carbonyl (C=O) groups is 4. The van der Waals surface area contributed by atoms with Crippen LogP contribution in [-0.2, 0) is 31.0 Å². The maximum Gasteiger partial charge on any atom is 0.326 e. The Morgan fingerprint density at radius 3 is 2.26 bits per heavy atom. The Morgan fingerprint density at radius 2 is 1.74 bits per heavy atom. The van der Waals surface area contributed by atoms with Crippen molar-refractivity contribution >= 4 is 29.4 Å². The van der Waals surface area contributed by atoms with E-state index in [1.807, 2.05) is 6.92 Å². The van der Waals surface area contributed by atoms with Crippen LogP contribution in [0.5, 0.6) is 0 Å². The average Bonchev–Trinajstić information content (AvgIpc) is 3.02. The molecule has 2 heterocycles. The summed E-state index contributed by atoms with van der Waals surface area (Å²) in [6.07, 6.45) is 3.22. The molecule has 2 atom stereocenters. The first kappa shape index (κ1) is 19.1. The Labute approximate surface area is 157 Å². The van der Waals surface area contributed by atoms with E-state index in [-0.39, 0.29) is 23.7 Å². The lowest BCUT2D eigenvalue weighted by molar-refractivity contribution is -0.154. The van der Waals surface area contributed by atoms with Gasteiger partial charge in [-0.1, -0.05) is 12.8 Å². The molecule has 0 bridgehead atoms. The highest BCUT2D eigenvalue weighted by molar-refractivity contribution is 6.07. The molecular weight excluding hydrogens is 352 g/mol. The molecule has 9 nitrogen and oxygen atoms in total. The average molecular weight is 376 g/mol. The highest BCUT2D eigenvalue weighted by Crippen LogP contribution is 2.37. The quantitative estimate of drug-likeness (QED) is 0.598. The van der Waals surface area contributed by atoms with Crippen LogP contribution in [0.15, 0.2) is 0 Å². The number of hydrogen-bond donors (Lipinski definition) is 1. The summed E-state index contributed by atoms with van der Waals surface area (Å²) in [5.41, 5.74) is 2.01. The number of nitrogens with zero attached hydrogens (tertiary/aromatic N) is 3. The van der Waals surface area contributed by atoms with E-state index in [1.165, 1.54) is 0 Å². The zero-order chi connectivity index (χ0) is 19.7. The van der Waals surface area contributed by atoms with Gasteiger partial charge in [-0.3, -0.25) is 28.8 Å². The molecule has 1 aliphatic heterocycles. The van der Waals surface area contributed by atoms with Crippen LogP contribution in [0.3, 0.4) is 0 Å². The van der Waals surface area contributed by atoms with Crippen LogP contribution >= 0.6 is 0 Å². The fourth-order valence-corrected chi connectivity index (χ4v) is 3.84. The van der Waals surface area contributed by atoms with Crippen molar-refractivity contribution in [3.05, 3.63) is 11.4 Å². The van der Waals surface area contributed by atoms with Crippen LogP contribution < -0.4 is 5.32 Å². The second-order valence-electron chi connectivity index (χ2n) is 7.14. The lowest BCUT2D eigenvalue weighted by atomic mass is 9.81. The molecular formula is C18H24N4O5. The van der Waals surface area contributed by atoms with E-state index in [2.05, 4.69) is 10.4 Å². The number of anilines is 1. The molecule has 146 valence electrons. The van der Waals surface area contributed by atoms with Crippen molar-refractivity contribution in [1.29, 1.82) is 0 Å². The zero-order valence-electron chi connectivity index (χ0n) is 15.8. The number of esters is 1. The van der Waals surface area contributed by atoms with Gasteiger partial charge in [-0.25, -0.2) is 0 Å². The smallest absolute Gasteiger partial charge is 0.326 e. The number of nitrogens with one attached hydrogen (secondary N) is 1. The van der Waals surface area contributed by atoms with Gasteiger partial charge >= 0.3 is 5.97 Å². The summed E-state index contributed by atoms with van der Waals surface area (Å²) < 4.78 is 6.59. The van der Waals surface area contributed by atoms with Crippen molar-refractivity contribution in [2.75, 3.05) is 18.5 Å². The first-order valence-corrected chi connectivity index (χ1v) is 9.10. The summed E-state index contributed by atoms with van der Waals surface area (Å²) >= 11 is 0. The van der Waals surface area contributed by atoms with E-state index in [9.17, 15) is 19.2 Å². The number of carbonyl (C=O) groups excluding carboxylic acids is 4.